The van der Waals surface area contributed by atoms with Crippen LogP contribution in [-0.2, 0) is 10.0 Å². The predicted octanol–water partition coefficient (Wildman–Crippen LogP) is 1.41. The van der Waals surface area contributed by atoms with Gasteiger partial charge in [-0.15, -0.1) is 0 Å². The number of nitrogens with one attached hydrogen (secondary N) is 1. The first kappa shape index (κ1) is 14.8. The molecular formula is C12H16N2O2S3. The van der Waals surface area contributed by atoms with Gasteiger partial charge in [-0.1, -0.05) is 24.4 Å². The van der Waals surface area contributed by atoms with Crippen LogP contribution in [0, 0.1) is 6.92 Å². The molecule has 2 rings (SSSR count). The summed E-state index contributed by atoms with van der Waals surface area (Å²) < 4.78 is 27.5. The van der Waals surface area contributed by atoms with Crippen molar-refractivity contribution in [1.82, 2.24) is 4.72 Å². The third-order valence-electron chi connectivity index (χ3n) is 3.01. The first-order valence-corrected chi connectivity index (χ1v) is 8.95. The van der Waals surface area contributed by atoms with Crippen molar-refractivity contribution in [2.45, 2.75) is 24.3 Å². The van der Waals surface area contributed by atoms with Gasteiger partial charge in [0, 0.05) is 17.4 Å². The summed E-state index contributed by atoms with van der Waals surface area (Å²) in [5.74, 6) is 1.83. The molecule has 19 heavy (non-hydrogen) atoms. The molecule has 0 amide bonds. The predicted molar refractivity (Wildman–Crippen MR) is 83.1 cm³/mol. The zero-order valence-corrected chi connectivity index (χ0v) is 13.0. The van der Waals surface area contributed by atoms with Crippen LogP contribution in [-0.4, -0.2) is 31.0 Å². The molecule has 0 aromatic heterocycles. The van der Waals surface area contributed by atoms with Crippen LogP contribution in [0.3, 0.4) is 0 Å². The Labute approximate surface area is 123 Å². The lowest BCUT2D eigenvalue weighted by Crippen LogP contribution is -2.35. The quantitative estimate of drug-likeness (QED) is 0.822. The van der Waals surface area contributed by atoms with E-state index in [-0.39, 0.29) is 15.9 Å². The number of hydrogen-bond donors (Lipinski definition) is 2. The molecule has 3 N–H and O–H groups in total. The molecule has 1 saturated heterocycles. The van der Waals surface area contributed by atoms with Gasteiger partial charge in [0.15, 0.2) is 0 Å². The van der Waals surface area contributed by atoms with Crippen LogP contribution in [0.4, 0.5) is 0 Å². The second-order valence-electron chi connectivity index (χ2n) is 4.53. The Hall–Kier alpha value is -0.630. The van der Waals surface area contributed by atoms with Crippen LogP contribution in [0.5, 0.6) is 0 Å². The smallest absolute Gasteiger partial charge is 0.241 e. The minimum atomic E-state index is -3.51. The molecule has 1 unspecified atom stereocenters. The van der Waals surface area contributed by atoms with E-state index < -0.39 is 10.0 Å². The minimum Gasteiger partial charge on any atom is -0.389 e. The number of thioether (sulfide) groups is 1. The summed E-state index contributed by atoms with van der Waals surface area (Å²) in [6, 6.07) is 5.03. The largest absolute Gasteiger partial charge is 0.389 e. The van der Waals surface area contributed by atoms with E-state index >= 15 is 0 Å². The maximum Gasteiger partial charge on any atom is 0.241 e. The summed E-state index contributed by atoms with van der Waals surface area (Å²) >= 11 is 6.65. The molecule has 1 fully saturated rings. The van der Waals surface area contributed by atoms with Gasteiger partial charge in [-0.25, -0.2) is 13.1 Å². The highest BCUT2D eigenvalue weighted by Crippen LogP contribution is 2.22. The average molecular weight is 316 g/mol. The number of rotatable bonds is 4. The van der Waals surface area contributed by atoms with Gasteiger partial charge in [-0.2, -0.15) is 11.8 Å². The fourth-order valence-electron chi connectivity index (χ4n) is 1.95. The Kier molecular flexibility index (Phi) is 4.50. The Bertz CT molecular complexity index is 593. The Morgan fingerprint density at radius 1 is 1.53 bits per heavy atom. The van der Waals surface area contributed by atoms with Gasteiger partial charge in [-0.05, 0) is 30.7 Å². The second kappa shape index (κ2) is 5.78. The van der Waals surface area contributed by atoms with Crippen LogP contribution in [0.1, 0.15) is 17.5 Å². The van der Waals surface area contributed by atoms with Crippen LogP contribution >= 0.6 is 24.0 Å². The number of thiocarbonyl (C=S) groups is 1. The molecule has 1 aliphatic heterocycles. The zero-order valence-electron chi connectivity index (χ0n) is 10.5. The van der Waals surface area contributed by atoms with Gasteiger partial charge < -0.3 is 5.73 Å². The Morgan fingerprint density at radius 3 is 2.84 bits per heavy atom. The maximum absolute atomic E-state index is 12.4. The van der Waals surface area contributed by atoms with Crippen molar-refractivity contribution in [3.05, 3.63) is 29.3 Å². The molecule has 1 aromatic carbocycles. The second-order valence-corrected chi connectivity index (χ2v) is 7.80. The fourth-order valence-corrected chi connectivity index (χ4v) is 4.88. The lowest BCUT2D eigenvalue weighted by atomic mass is 10.1. The number of sulfonamides is 1. The Balaban J connectivity index is 2.33. The highest BCUT2D eigenvalue weighted by atomic mass is 32.2. The molecule has 1 heterocycles. The van der Waals surface area contributed by atoms with Gasteiger partial charge in [0.1, 0.15) is 4.99 Å². The topological polar surface area (TPSA) is 72.2 Å². The number of aryl methyl sites for hydroxylation is 1. The van der Waals surface area contributed by atoms with Crippen molar-refractivity contribution in [3.8, 4) is 0 Å². The molecule has 1 aliphatic rings. The molecule has 0 bridgehead atoms. The molecule has 1 aromatic rings. The third-order valence-corrected chi connectivity index (χ3v) is 6.07. The third kappa shape index (κ3) is 3.47. The average Bonchev–Trinajstić information content (AvgIpc) is 2.81. The summed E-state index contributed by atoms with van der Waals surface area (Å²) in [5, 5.41) is 0. The van der Waals surface area contributed by atoms with Crippen molar-refractivity contribution < 1.29 is 8.42 Å². The molecule has 0 radical (unpaired) electrons. The van der Waals surface area contributed by atoms with Crippen LogP contribution in [0.2, 0.25) is 0 Å². The summed E-state index contributed by atoms with van der Waals surface area (Å²) in [4.78, 5) is 0.461. The Morgan fingerprint density at radius 2 is 2.26 bits per heavy atom. The number of hydrogen-bond acceptors (Lipinski definition) is 4. The monoisotopic (exact) mass is 316 g/mol. The van der Waals surface area contributed by atoms with Crippen molar-refractivity contribution in [3.63, 3.8) is 0 Å². The minimum absolute atomic E-state index is 0.0166. The van der Waals surface area contributed by atoms with Crippen molar-refractivity contribution in [1.29, 1.82) is 0 Å². The van der Waals surface area contributed by atoms with Crippen molar-refractivity contribution in [2.75, 3.05) is 11.5 Å². The molecule has 1 atom stereocenters. The number of nitrogens with two attached hydrogens (primary N) is 1. The van der Waals surface area contributed by atoms with E-state index in [2.05, 4.69) is 4.72 Å². The van der Waals surface area contributed by atoms with Gasteiger partial charge >= 0.3 is 0 Å². The van der Waals surface area contributed by atoms with Crippen molar-refractivity contribution in [2.24, 2.45) is 5.73 Å². The van der Waals surface area contributed by atoms with E-state index in [4.69, 9.17) is 18.0 Å². The summed E-state index contributed by atoms with van der Waals surface area (Å²) in [6.07, 6.45) is 0.873. The molecular weight excluding hydrogens is 300 g/mol. The van der Waals surface area contributed by atoms with E-state index in [0.717, 1.165) is 17.9 Å². The lowest BCUT2D eigenvalue weighted by Gasteiger charge is -2.14. The standard InChI is InChI=1S/C12H16N2O2S3/c1-8-2-3-9(12(13)17)6-11(8)19(15,16)14-10-4-5-18-7-10/h2-3,6,10,14H,4-5,7H2,1H3,(H2,13,17). The molecule has 7 heteroatoms. The first-order chi connectivity index (χ1) is 8.90. The summed E-state index contributed by atoms with van der Waals surface area (Å²) in [5.41, 5.74) is 6.82. The molecule has 4 nitrogen and oxygen atoms in total. The van der Waals surface area contributed by atoms with E-state index in [0.29, 0.717) is 11.1 Å². The molecule has 104 valence electrons. The van der Waals surface area contributed by atoms with Gasteiger partial charge in [0.25, 0.3) is 0 Å². The van der Waals surface area contributed by atoms with E-state index in [9.17, 15) is 8.42 Å². The SMILES string of the molecule is Cc1ccc(C(N)=S)cc1S(=O)(=O)NC1CCSC1. The van der Waals surface area contributed by atoms with Crippen LogP contribution in [0.15, 0.2) is 23.1 Å². The van der Waals surface area contributed by atoms with E-state index in [1.165, 1.54) is 0 Å². The van der Waals surface area contributed by atoms with E-state index in [1.807, 2.05) is 0 Å². The lowest BCUT2D eigenvalue weighted by molar-refractivity contribution is 0.562. The van der Waals surface area contributed by atoms with Crippen LogP contribution in [0.25, 0.3) is 0 Å². The van der Waals surface area contributed by atoms with Gasteiger partial charge in [0.05, 0.1) is 4.90 Å². The van der Waals surface area contributed by atoms with Gasteiger partial charge in [0.2, 0.25) is 10.0 Å². The van der Waals surface area contributed by atoms with E-state index in [1.54, 1.807) is 36.9 Å². The zero-order chi connectivity index (χ0) is 14.0. The fraction of sp³-hybridized carbons (Fsp3) is 0.417. The molecule has 0 aliphatic carbocycles. The maximum atomic E-state index is 12.4. The molecule has 0 spiro atoms. The summed E-state index contributed by atoms with van der Waals surface area (Å²) in [6.45, 7) is 1.77. The molecule has 0 saturated carbocycles. The van der Waals surface area contributed by atoms with Crippen LogP contribution < -0.4 is 10.5 Å². The number of benzene rings is 1. The van der Waals surface area contributed by atoms with Crippen molar-refractivity contribution >= 4 is 39.0 Å². The first-order valence-electron chi connectivity index (χ1n) is 5.90. The highest BCUT2D eigenvalue weighted by Gasteiger charge is 2.24. The summed E-state index contributed by atoms with van der Waals surface area (Å²) in [7, 11) is -3.51. The van der Waals surface area contributed by atoms with Gasteiger partial charge in [-0.3, -0.25) is 0 Å². The highest BCUT2D eigenvalue weighted by molar-refractivity contribution is 7.99. The normalized spacial score (nSPS) is 19.5.